The van der Waals surface area contributed by atoms with E-state index < -0.39 is 0 Å². The van der Waals surface area contributed by atoms with E-state index in [0.29, 0.717) is 0 Å². The molecule has 5 rings (SSSR count). The Kier molecular flexibility index (Phi) is 5.13. The number of benzene rings is 3. The van der Waals surface area contributed by atoms with Crippen molar-refractivity contribution < 1.29 is 0 Å². The van der Waals surface area contributed by atoms with Gasteiger partial charge in [-0.25, -0.2) is 0 Å². The van der Waals surface area contributed by atoms with Crippen LogP contribution in [0.5, 0.6) is 0 Å². The highest BCUT2D eigenvalue weighted by atomic mass is 15.4. The molecule has 0 aromatic heterocycles. The lowest BCUT2D eigenvalue weighted by Gasteiger charge is -2.24. The third-order valence-corrected chi connectivity index (χ3v) is 5.53. The topological polar surface area (TPSA) is 13.0 Å². The molecule has 4 nitrogen and oxygen atoms in total. The number of hydrogen-bond donors (Lipinski definition) is 0. The lowest BCUT2D eigenvalue weighted by molar-refractivity contribution is 0.399. The van der Waals surface area contributed by atoms with Crippen molar-refractivity contribution in [2.75, 3.05) is 23.1 Å². The molecule has 30 heavy (non-hydrogen) atoms. The van der Waals surface area contributed by atoms with Crippen LogP contribution >= 0.6 is 0 Å². The molecule has 0 N–H and O–H groups in total. The molecule has 0 spiro atoms. The van der Waals surface area contributed by atoms with Crippen LogP contribution < -0.4 is 9.80 Å². The molecule has 2 heterocycles. The predicted octanol–water partition coefficient (Wildman–Crippen LogP) is 5.19. The van der Waals surface area contributed by atoms with E-state index in [2.05, 4.69) is 129 Å². The lowest BCUT2D eigenvalue weighted by atomic mass is 10.2. The summed E-state index contributed by atoms with van der Waals surface area (Å²) in [5.41, 5.74) is 5.10. The Bertz CT molecular complexity index is 948. The highest BCUT2D eigenvalue weighted by molar-refractivity contribution is 5.62. The second-order valence-corrected chi connectivity index (χ2v) is 7.80. The van der Waals surface area contributed by atoms with Crippen LogP contribution in [-0.4, -0.2) is 23.1 Å². The van der Waals surface area contributed by atoms with Crippen LogP contribution in [0.1, 0.15) is 11.1 Å². The van der Waals surface area contributed by atoms with E-state index in [1.807, 2.05) is 0 Å². The fourth-order valence-electron chi connectivity index (χ4n) is 3.96. The Morgan fingerprint density at radius 3 is 1.43 bits per heavy atom. The van der Waals surface area contributed by atoms with E-state index in [0.717, 1.165) is 26.4 Å². The Morgan fingerprint density at radius 1 is 0.500 bits per heavy atom. The largest absolute Gasteiger partial charge is 0.354 e. The molecule has 0 bridgehead atoms. The summed E-state index contributed by atoms with van der Waals surface area (Å²) >= 11 is 0. The van der Waals surface area contributed by atoms with Crippen LogP contribution in [0.25, 0.3) is 0 Å². The monoisotopic (exact) mass is 394 g/mol. The van der Waals surface area contributed by atoms with Gasteiger partial charge in [-0.3, -0.25) is 0 Å². The van der Waals surface area contributed by atoms with Crippen LogP contribution in [-0.2, 0) is 13.1 Å². The molecule has 2 aliphatic heterocycles. The highest BCUT2D eigenvalue weighted by Gasteiger charge is 2.17. The van der Waals surface area contributed by atoms with E-state index >= 15 is 0 Å². The molecule has 3 aromatic carbocycles. The SMILES string of the molecule is C1=CN(c2cccc(N3C=CN(Cc4ccccc4)C3)c2)CN1Cc1ccccc1. The smallest absolute Gasteiger partial charge is 0.0945 e. The van der Waals surface area contributed by atoms with Crippen molar-refractivity contribution in [1.82, 2.24) is 9.80 Å². The van der Waals surface area contributed by atoms with Gasteiger partial charge in [0.05, 0.1) is 13.3 Å². The second-order valence-electron chi connectivity index (χ2n) is 7.80. The Labute approximate surface area is 178 Å². The number of anilines is 2. The number of rotatable bonds is 6. The standard InChI is InChI=1S/C26H26N4/c1-3-8-23(9-4-1)19-27-14-16-29(21-27)25-12-7-13-26(18-25)30-17-15-28(22-30)20-24-10-5-2-6-11-24/h1-18H,19-22H2. The summed E-state index contributed by atoms with van der Waals surface area (Å²) in [5.74, 6) is 0. The lowest BCUT2D eigenvalue weighted by Crippen LogP contribution is -2.26. The summed E-state index contributed by atoms with van der Waals surface area (Å²) in [4.78, 5) is 9.26. The Morgan fingerprint density at radius 2 is 0.967 bits per heavy atom. The highest BCUT2D eigenvalue weighted by Crippen LogP contribution is 2.27. The summed E-state index contributed by atoms with van der Waals surface area (Å²) in [6.07, 6.45) is 8.70. The van der Waals surface area contributed by atoms with Crippen LogP contribution in [0.4, 0.5) is 11.4 Å². The van der Waals surface area contributed by atoms with Gasteiger partial charge in [0.25, 0.3) is 0 Å². The van der Waals surface area contributed by atoms with Crippen molar-refractivity contribution in [2.45, 2.75) is 13.1 Å². The van der Waals surface area contributed by atoms with Crippen LogP contribution in [0.3, 0.4) is 0 Å². The molecule has 0 radical (unpaired) electrons. The van der Waals surface area contributed by atoms with Gasteiger partial charge in [0, 0.05) is 49.3 Å². The van der Waals surface area contributed by atoms with Crippen molar-refractivity contribution >= 4 is 11.4 Å². The van der Waals surface area contributed by atoms with E-state index in [-0.39, 0.29) is 0 Å². The van der Waals surface area contributed by atoms with Crippen molar-refractivity contribution in [2.24, 2.45) is 0 Å². The van der Waals surface area contributed by atoms with Crippen LogP contribution in [0.15, 0.2) is 110 Å². The average Bonchev–Trinajstić information content (AvgIpc) is 3.45. The fourth-order valence-corrected chi connectivity index (χ4v) is 3.96. The van der Waals surface area contributed by atoms with Gasteiger partial charge in [0.15, 0.2) is 0 Å². The minimum absolute atomic E-state index is 0.869. The first-order chi connectivity index (χ1) is 14.8. The normalized spacial score (nSPS) is 15.5. The number of hydrogen-bond acceptors (Lipinski definition) is 4. The molecule has 150 valence electrons. The van der Waals surface area contributed by atoms with Crippen molar-refractivity contribution in [1.29, 1.82) is 0 Å². The molecule has 3 aromatic rings. The zero-order valence-corrected chi connectivity index (χ0v) is 17.0. The van der Waals surface area contributed by atoms with Gasteiger partial charge in [-0.2, -0.15) is 0 Å². The van der Waals surface area contributed by atoms with E-state index in [1.165, 1.54) is 22.5 Å². The third kappa shape index (κ3) is 4.18. The van der Waals surface area contributed by atoms with Gasteiger partial charge < -0.3 is 19.6 Å². The molecular formula is C26H26N4. The first kappa shape index (κ1) is 18.4. The average molecular weight is 395 g/mol. The van der Waals surface area contributed by atoms with Gasteiger partial charge >= 0.3 is 0 Å². The summed E-state index contributed by atoms with van der Waals surface area (Å²) in [7, 11) is 0. The minimum atomic E-state index is 0.869. The van der Waals surface area contributed by atoms with Crippen molar-refractivity contribution in [3.05, 3.63) is 121 Å². The van der Waals surface area contributed by atoms with Crippen molar-refractivity contribution in [3.63, 3.8) is 0 Å². The maximum Gasteiger partial charge on any atom is 0.0945 e. The van der Waals surface area contributed by atoms with Crippen LogP contribution in [0, 0.1) is 0 Å². The van der Waals surface area contributed by atoms with Gasteiger partial charge in [-0.05, 0) is 29.3 Å². The third-order valence-electron chi connectivity index (χ3n) is 5.53. The molecule has 0 unspecified atom stereocenters. The van der Waals surface area contributed by atoms with E-state index in [9.17, 15) is 0 Å². The quantitative estimate of drug-likeness (QED) is 0.570. The summed E-state index contributed by atoms with van der Waals surface area (Å²) in [5, 5.41) is 0. The molecule has 0 atom stereocenters. The van der Waals surface area contributed by atoms with Crippen LogP contribution in [0.2, 0.25) is 0 Å². The Hall–Kier alpha value is -3.66. The minimum Gasteiger partial charge on any atom is -0.354 e. The molecule has 0 saturated heterocycles. The second kappa shape index (κ2) is 8.37. The summed E-state index contributed by atoms with van der Waals surface area (Å²) in [6, 6.07) is 30.0. The van der Waals surface area contributed by atoms with Gasteiger partial charge in [-0.15, -0.1) is 0 Å². The summed E-state index contributed by atoms with van der Waals surface area (Å²) in [6.45, 7) is 3.59. The van der Waals surface area contributed by atoms with Crippen molar-refractivity contribution in [3.8, 4) is 0 Å². The van der Waals surface area contributed by atoms with Gasteiger partial charge in [0.1, 0.15) is 0 Å². The number of nitrogens with zero attached hydrogens (tertiary/aromatic N) is 4. The van der Waals surface area contributed by atoms with Gasteiger partial charge in [-0.1, -0.05) is 66.7 Å². The molecule has 2 aliphatic rings. The molecule has 0 fully saturated rings. The first-order valence-electron chi connectivity index (χ1n) is 10.4. The molecule has 0 aliphatic carbocycles. The maximum absolute atomic E-state index is 2.33. The van der Waals surface area contributed by atoms with E-state index in [1.54, 1.807) is 0 Å². The maximum atomic E-state index is 2.33. The molecule has 0 amide bonds. The Balaban J connectivity index is 1.21. The zero-order chi connectivity index (χ0) is 20.2. The first-order valence-corrected chi connectivity index (χ1v) is 10.4. The fraction of sp³-hybridized carbons (Fsp3) is 0.154. The molecule has 4 heteroatoms. The van der Waals surface area contributed by atoms with E-state index in [4.69, 9.17) is 0 Å². The molecule has 0 saturated carbocycles. The molecular weight excluding hydrogens is 368 g/mol. The predicted molar refractivity (Wildman–Crippen MR) is 123 cm³/mol. The zero-order valence-electron chi connectivity index (χ0n) is 17.0. The summed E-state index contributed by atoms with van der Waals surface area (Å²) < 4.78 is 0. The van der Waals surface area contributed by atoms with Gasteiger partial charge in [0.2, 0.25) is 0 Å².